The average Bonchev–Trinajstić information content (AvgIpc) is 3.21. The maximum Gasteiger partial charge on any atom is 0.252 e. The van der Waals surface area contributed by atoms with Crippen molar-refractivity contribution in [2.24, 2.45) is 7.05 Å². The Balaban J connectivity index is 1.91. The van der Waals surface area contributed by atoms with Crippen molar-refractivity contribution in [3.8, 4) is 11.5 Å². The van der Waals surface area contributed by atoms with Gasteiger partial charge < -0.3 is 19.4 Å². The lowest BCUT2D eigenvalue weighted by Gasteiger charge is -2.21. The zero-order chi connectivity index (χ0) is 20.5. The quantitative estimate of drug-likeness (QED) is 0.685. The van der Waals surface area contributed by atoms with Crippen LogP contribution in [0.2, 0.25) is 0 Å². The third-order valence-corrected chi connectivity index (χ3v) is 5.71. The number of aryl methyl sites for hydroxylation is 3. The number of ether oxygens (including phenoxy) is 2. The molecule has 0 spiro atoms. The summed E-state index contributed by atoms with van der Waals surface area (Å²) in [4.78, 5) is 17.0. The van der Waals surface area contributed by atoms with Gasteiger partial charge in [-0.2, -0.15) is 0 Å². The van der Waals surface area contributed by atoms with Crippen molar-refractivity contribution in [3.05, 3.63) is 52.1 Å². The number of hydrogen-bond donors (Lipinski definition) is 1. The zero-order valence-corrected chi connectivity index (χ0v) is 17.4. The molecule has 3 aromatic rings. The van der Waals surface area contributed by atoms with Crippen LogP contribution in [0.15, 0.2) is 35.4 Å². The van der Waals surface area contributed by atoms with Crippen molar-refractivity contribution in [3.63, 3.8) is 0 Å². The van der Waals surface area contributed by atoms with E-state index in [1.165, 1.54) is 12.8 Å². The van der Waals surface area contributed by atoms with Gasteiger partial charge in [-0.1, -0.05) is 0 Å². The molecule has 1 saturated carbocycles. The fraction of sp³-hybridized carbons (Fsp3) is 0.391. The lowest BCUT2D eigenvalue weighted by molar-refractivity contribution is 0.203. The Morgan fingerprint density at radius 3 is 2.48 bits per heavy atom. The van der Waals surface area contributed by atoms with Crippen molar-refractivity contribution in [2.45, 2.75) is 45.6 Å². The van der Waals surface area contributed by atoms with Gasteiger partial charge in [0.1, 0.15) is 0 Å². The summed E-state index contributed by atoms with van der Waals surface area (Å²) in [7, 11) is 3.41. The molecule has 0 saturated heterocycles. The molecule has 2 aromatic heterocycles. The van der Waals surface area contributed by atoms with Crippen molar-refractivity contribution in [1.82, 2.24) is 9.55 Å². The van der Waals surface area contributed by atoms with E-state index in [1.54, 1.807) is 24.8 Å². The van der Waals surface area contributed by atoms with Crippen molar-refractivity contribution in [1.29, 1.82) is 0 Å². The molecule has 0 bridgehead atoms. The van der Waals surface area contributed by atoms with E-state index in [-0.39, 0.29) is 11.7 Å². The van der Waals surface area contributed by atoms with E-state index in [1.807, 2.05) is 38.4 Å². The van der Waals surface area contributed by atoms with E-state index in [0.29, 0.717) is 11.5 Å². The van der Waals surface area contributed by atoms with E-state index in [2.05, 4.69) is 10.3 Å². The van der Waals surface area contributed by atoms with Crippen molar-refractivity contribution < 1.29 is 9.47 Å². The lowest BCUT2D eigenvalue weighted by Crippen LogP contribution is -2.19. The second-order valence-corrected chi connectivity index (χ2v) is 7.75. The third-order valence-electron chi connectivity index (χ3n) is 5.71. The molecular formula is C23H27N3O3. The monoisotopic (exact) mass is 393 g/mol. The number of anilines is 2. The molecule has 152 valence electrons. The van der Waals surface area contributed by atoms with E-state index < -0.39 is 0 Å². The van der Waals surface area contributed by atoms with E-state index in [9.17, 15) is 4.79 Å². The highest BCUT2D eigenvalue weighted by Crippen LogP contribution is 2.40. The van der Waals surface area contributed by atoms with E-state index in [4.69, 9.17) is 9.47 Å². The molecule has 0 amide bonds. The van der Waals surface area contributed by atoms with Crippen LogP contribution in [0.1, 0.15) is 36.8 Å². The van der Waals surface area contributed by atoms with Gasteiger partial charge in [0, 0.05) is 36.6 Å². The highest BCUT2D eigenvalue weighted by molar-refractivity contribution is 5.98. The molecule has 4 rings (SSSR count). The Morgan fingerprint density at radius 2 is 1.83 bits per heavy atom. The van der Waals surface area contributed by atoms with Gasteiger partial charge in [0.15, 0.2) is 11.5 Å². The molecule has 6 heteroatoms. The average molecular weight is 393 g/mol. The van der Waals surface area contributed by atoms with Gasteiger partial charge in [-0.25, -0.2) is 0 Å². The first-order valence-electron chi connectivity index (χ1n) is 10.0. The van der Waals surface area contributed by atoms with E-state index >= 15 is 0 Å². The van der Waals surface area contributed by atoms with Gasteiger partial charge >= 0.3 is 0 Å². The minimum atomic E-state index is -0.103. The summed E-state index contributed by atoms with van der Waals surface area (Å²) in [5, 5.41) is 4.37. The van der Waals surface area contributed by atoms with Gasteiger partial charge in [0.05, 0.1) is 24.4 Å². The standard InChI is InChI=1S/C23H27N3O3/c1-14-12-24-13-15(2)21(14)25-18-11-20(27)26(3)22-17(18)9-10-19(28-4)23(22)29-16-7-5-6-8-16/h9-13,16H,5-8H2,1-4H3,(H,24,25). The van der Waals surface area contributed by atoms with Crippen LogP contribution in [0.5, 0.6) is 11.5 Å². The number of hydrogen-bond acceptors (Lipinski definition) is 5. The molecule has 0 aliphatic heterocycles. The number of methoxy groups -OCH3 is 1. The predicted molar refractivity (Wildman–Crippen MR) is 116 cm³/mol. The van der Waals surface area contributed by atoms with Crippen LogP contribution in [-0.4, -0.2) is 22.8 Å². The number of pyridine rings is 2. The summed E-state index contributed by atoms with van der Waals surface area (Å²) in [5.41, 5.74) is 4.40. The lowest BCUT2D eigenvalue weighted by atomic mass is 10.1. The Labute approximate surface area is 170 Å². The highest BCUT2D eigenvalue weighted by Gasteiger charge is 2.22. The number of aromatic nitrogens is 2. The van der Waals surface area contributed by atoms with Crippen LogP contribution in [0, 0.1) is 13.8 Å². The van der Waals surface area contributed by atoms with Gasteiger partial charge in [0.25, 0.3) is 5.56 Å². The molecule has 1 fully saturated rings. The minimum Gasteiger partial charge on any atom is -0.493 e. The summed E-state index contributed by atoms with van der Waals surface area (Å²) in [6.07, 6.45) is 8.19. The summed E-state index contributed by atoms with van der Waals surface area (Å²) in [5.74, 6) is 1.29. The molecule has 2 heterocycles. The SMILES string of the molecule is COc1ccc2c(Nc3c(C)cncc3C)cc(=O)n(C)c2c1OC1CCCC1. The van der Waals surface area contributed by atoms with Gasteiger partial charge in [-0.3, -0.25) is 9.78 Å². The maximum atomic E-state index is 12.8. The second-order valence-electron chi connectivity index (χ2n) is 7.75. The summed E-state index contributed by atoms with van der Waals surface area (Å²) in [6.45, 7) is 4.01. The maximum absolute atomic E-state index is 12.8. The van der Waals surface area contributed by atoms with Crippen LogP contribution in [0.25, 0.3) is 10.9 Å². The Bertz CT molecular complexity index is 1090. The minimum absolute atomic E-state index is 0.103. The predicted octanol–water partition coefficient (Wildman–Crippen LogP) is 4.62. The van der Waals surface area contributed by atoms with Crippen LogP contribution < -0.4 is 20.3 Å². The summed E-state index contributed by atoms with van der Waals surface area (Å²) < 4.78 is 13.6. The largest absolute Gasteiger partial charge is 0.493 e. The van der Waals surface area contributed by atoms with E-state index in [0.717, 1.165) is 46.2 Å². The number of nitrogens with zero attached hydrogens (tertiary/aromatic N) is 2. The van der Waals surface area contributed by atoms with Crippen LogP contribution >= 0.6 is 0 Å². The molecule has 29 heavy (non-hydrogen) atoms. The zero-order valence-electron chi connectivity index (χ0n) is 17.4. The normalized spacial score (nSPS) is 14.3. The highest BCUT2D eigenvalue weighted by atomic mass is 16.5. The fourth-order valence-electron chi connectivity index (χ4n) is 4.09. The smallest absolute Gasteiger partial charge is 0.252 e. The van der Waals surface area contributed by atoms with Crippen LogP contribution in [0.4, 0.5) is 11.4 Å². The second kappa shape index (κ2) is 7.78. The van der Waals surface area contributed by atoms with Crippen LogP contribution in [-0.2, 0) is 7.05 Å². The van der Waals surface area contributed by atoms with Crippen molar-refractivity contribution >= 4 is 22.3 Å². The number of nitrogens with one attached hydrogen (secondary N) is 1. The number of benzene rings is 1. The summed E-state index contributed by atoms with van der Waals surface area (Å²) >= 11 is 0. The molecule has 1 N–H and O–H groups in total. The Hall–Kier alpha value is -3.02. The first-order chi connectivity index (χ1) is 14.0. The molecule has 1 aromatic carbocycles. The fourth-order valence-corrected chi connectivity index (χ4v) is 4.09. The first kappa shape index (κ1) is 19.3. The molecule has 0 atom stereocenters. The third kappa shape index (κ3) is 3.55. The van der Waals surface area contributed by atoms with Gasteiger partial charge in [-0.15, -0.1) is 0 Å². The van der Waals surface area contributed by atoms with Gasteiger partial charge in [-0.05, 0) is 62.8 Å². The number of fused-ring (bicyclic) bond motifs is 1. The molecule has 6 nitrogen and oxygen atoms in total. The molecule has 1 aliphatic carbocycles. The van der Waals surface area contributed by atoms with Gasteiger partial charge in [0.2, 0.25) is 0 Å². The van der Waals surface area contributed by atoms with Crippen molar-refractivity contribution in [2.75, 3.05) is 12.4 Å². The summed E-state index contributed by atoms with van der Waals surface area (Å²) in [6, 6.07) is 5.52. The molecule has 1 aliphatic rings. The number of rotatable bonds is 5. The molecule has 0 unspecified atom stereocenters. The molecule has 0 radical (unpaired) electrons. The molecular weight excluding hydrogens is 366 g/mol. The first-order valence-corrected chi connectivity index (χ1v) is 10.0. The Morgan fingerprint density at radius 1 is 1.14 bits per heavy atom. The topological polar surface area (TPSA) is 65.4 Å². The Kier molecular flexibility index (Phi) is 5.18. The van der Waals surface area contributed by atoms with Crippen LogP contribution in [0.3, 0.4) is 0 Å².